The number of hydrogen-bond donors (Lipinski definition) is 0. The fourth-order valence-corrected chi connectivity index (χ4v) is 3.21. The van der Waals surface area contributed by atoms with Gasteiger partial charge < -0.3 is 4.74 Å². The summed E-state index contributed by atoms with van der Waals surface area (Å²) in [6.07, 6.45) is 5.75. The van der Waals surface area contributed by atoms with E-state index in [2.05, 4.69) is 18.8 Å². The van der Waals surface area contributed by atoms with Gasteiger partial charge in [0.2, 0.25) is 0 Å². The molecule has 5 heteroatoms. The predicted octanol–water partition coefficient (Wildman–Crippen LogP) is 3.26. The van der Waals surface area contributed by atoms with Gasteiger partial charge in [-0.2, -0.15) is 0 Å². The second-order valence-corrected chi connectivity index (χ2v) is 5.86. The standard InChI is InChI=1S/C14H18N2O3/c1-9-7-13(19-14(4-5-14)10(9)2)11-3-6-15-8-12(11)16(17)18/h3,6,8-10,13H,4-5,7H2,1-2H3. The second kappa shape index (κ2) is 4.27. The highest BCUT2D eigenvalue weighted by atomic mass is 16.6. The first-order valence-electron chi connectivity index (χ1n) is 6.79. The van der Waals surface area contributed by atoms with Crippen LogP contribution < -0.4 is 0 Å². The molecule has 2 heterocycles. The predicted molar refractivity (Wildman–Crippen MR) is 69.6 cm³/mol. The molecule has 1 saturated heterocycles. The third-order valence-corrected chi connectivity index (χ3v) is 4.77. The van der Waals surface area contributed by atoms with Crippen LogP contribution in [0.25, 0.3) is 0 Å². The van der Waals surface area contributed by atoms with Crippen molar-refractivity contribution in [3.05, 3.63) is 34.1 Å². The molecule has 0 N–H and O–H groups in total. The topological polar surface area (TPSA) is 65.3 Å². The lowest BCUT2D eigenvalue weighted by atomic mass is 9.80. The Labute approximate surface area is 112 Å². The minimum absolute atomic E-state index is 0.0283. The van der Waals surface area contributed by atoms with Crippen LogP contribution in [0.3, 0.4) is 0 Å². The molecule has 3 atom stereocenters. The van der Waals surface area contributed by atoms with Gasteiger partial charge >= 0.3 is 0 Å². The Morgan fingerprint density at radius 2 is 2.21 bits per heavy atom. The van der Waals surface area contributed by atoms with E-state index in [-0.39, 0.29) is 22.3 Å². The first-order chi connectivity index (χ1) is 9.03. The molecule has 0 amide bonds. The molecule has 1 aromatic heterocycles. The van der Waals surface area contributed by atoms with Crippen LogP contribution in [0, 0.1) is 22.0 Å². The van der Waals surface area contributed by atoms with E-state index in [1.807, 2.05) is 0 Å². The van der Waals surface area contributed by atoms with Crippen molar-refractivity contribution in [3.8, 4) is 0 Å². The van der Waals surface area contributed by atoms with Gasteiger partial charge in [-0.05, 0) is 37.2 Å². The van der Waals surface area contributed by atoms with Crippen LogP contribution in [0.15, 0.2) is 18.5 Å². The van der Waals surface area contributed by atoms with Crippen molar-refractivity contribution in [3.63, 3.8) is 0 Å². The van der Waals surface area contributed by atoms with Gasteiger partial charge in [0.25, 0.3) is 5.69 Å². The van der Waals surface area contributed by atoms with E-state index in [0.717, 1.165) is 19.3 Å². The zero-order valence-corrected chi connectivity index (χ0v) is 11.2. The smallest absolute Gasteiger partial charge is 0.293 e. The highest BCUT2D eigenvalue weighted by Gasteiger charge is 2.55. The zero-order valence-electron chi connectivity index (χ0n) is 11.2. The molecular formula is C14H18N2O3. The SMILES string of the molecule is CC1CC(c2ccncc2[N+](=O)[O-])OC2(CC2)C1C. The molecule has 2 fully saturated rings. The van der Waals surface area contributed by atoms with Gasteiger partial charge in [0.05, 0.1) is 22.2 Å². The van der Waals surface area contributed by atoms with Crippen molar-refractivity contribution >= 4 is 5.69 Å². The Morgan fingerprint density at radius 3 is 2.84 bits per heavy atom. The third-order valence-electron chi connectivity index (χ3n) is 4.77. The van der Waals surface area contributed by atoms with E-state index in [0.29, 0.717) is 17.4 Å². The molecular weight excluding hydrogens is 244 g/mol. The molecule has 1 aliphatic carbocycles. The number of rotatable bonds is 2. The normalized spacial score (nSPS) is 32.2. The highest BCUT2D eigenvalue weighted by Crippen LogP contribution is 2.57. The maximum Gasteiger partial charge on any atom is 0.293 e. The average Bonchev–Trinajstić information content (AvgIpc) is 3.16. The van der Waals surface area contributed by atoms with Gasteiger partial charge in [-0.1, -0.05) is 13.8 Å². The van der Waals surface area contributed by atoms with E-state index in [4.69, 9.17) is 4.74 Å². The fraction of sp³-hybridized carbons (Fsp3) is 0.643. The summed E-state index contributed by atoms with van der Waals surface area (Å²) in [5.41, 5.74) is 0.717. The van der Waals surface area contributed by atoms with Crippen molar-refractivity contribution in [2.45, 2.75) is 44.8 Å². The maximum atomic E-state index is 11.1. The van der Waals surface area contributed by atoms with Crippen LogP contribution in [0.1, 0.15) is 44.8 Å². The quantitative estimate of drug-likeness (QED) is 0.606. The zero-order chi connectivity index (χ0) is 13.6. The lowest BCUT2D eigenvalue weighted by Gasteiger charge is -2.39. The highest BCUT2D eigenvalue weighted by molar-refractivity contribution is 5.39. The molecule has 1 spiro atoms. The first kappa shape index (κ1) is 12.5. The number of ether oxygens (including phenoxy) is 1. The van der Waals surface area contributed by atoms with E-state index in [9.17, 15) is 10.1 Å². The molecule has 0 bridgehead atoms. The Morgan fingerprint density at radius 1 is 1.47 bits per heavy atom. The number of pyridine rings is 1. The van der Waals surface area contributed by atoms with Crippen LogP contribution in [0.5, 0.6) is 0 Å². The minimum atomic E-state index is -0.367. The fourth-order valence-electron chi connectivity index (χ4n) is 3.21. The van der Waals surface area contributed by atoms with Crippen molar-refractivity contribution in [2.24, 2.45) is 11.8 Å². The van der Waals surface area contributed by atoms with Crippen molar-refractivity contribution in [1.82, 2.24) is 4.98 Å². The lowest BCUT2D eigenvalue weighted by Crippen LogP contribution is -2.37. The summed E-state index contributed by atoms with van der Waals surface area (Å²) in [6.45, 7) is 4.45. The average molecular weight is 262 g/mol. The number of hydrogen-bond acceptors (Lipinski definition) is 4. The van der Waals surface area contributed by atoms with Crippen molar-refractivity contribution in [2.75, 3.05) is 0 Å². The largest absolute Gasteiger partial charge is 0.367 e. The molecule has 1 aliphatic heterocycles. The number of nitro groups is 1. The molecule has 0 radical (unpaired) electrons. The van der Waals surface area contributed by atoms with Gasteiger partial charge in [-0.3, -0.25) is 15.1 Å². The van der Waals surface area contributed by atoms with Gasteiger partial charge in [0.15, 0.2) is 0 Å². The summed E-state index contributed by atoms with van der Waals surface area (Å²) in [4.78, 5) is 14.6. The molecule has 5 nitrogen and oxygen atoms in total. The number of aromatic nitrogens is 1. The van der Waals surface area contributed by atoms with Gasteiger partial charge in [0, 0.05) is 6.20 Å². The minimum Gasteiger partial charge on any atom is -0.367 e. The van der Waals surface area contributed by atoms with Gasteiger partial charge in [0.1, 0.15) is 6.20 Å². The van der Waals surface area contributed by atoms with Gasteiger partial charge in [-0.15, -0.1) is 0 Å². The Balaban J connectivity index is 1.93. The molecule has 0 aromatic carbocycles. The molecule has 2 aliphatic rings. The van der Waals surface area contributed by atoms with Crippen LogP contribution >= 0.6 is 0 Å². The summed E-state index contributed by atoms with van der Waals surface area (Å²) in [6, 6.07) is 1.72. The van der Waals surface area contributed by atoms with Crippen molar-refractivity contribution < 1.29 is 9.66 Å². The van der Waals surface area contributed by atoms with Crippen LogP contribution in [0.4, 0.5) is 5.69 Å². The summed E-state index contributed by atoms with van der Waals surface area (Å²) in [5.74, 6) is 1.05. The van der Waals surface area contributed by atoms with E-state index in [1.165, 1.54) is 6.20 Å². The summed E-state index contributed by atoms with van der Waals surface area (Å²) in [5, 5.41) is 11.1. The monoisotopic (exact) mass is 262 g/mol. The van der Waals surface area contributed by atoms with E-state index < -0.39 is 0 Å². The molecule has 3 unspecified atom stereocenters. The lowest BCUT2D eigenvalue weighted by molar-refractivity contribution is -0.386. The Hall–Kier alpha value is -1.49. The first-order valence-corrected chi connectivity index (χ1v) is 6.79. The van der Waals surface area contributed by atoms with Crippen molar-refractivity contribution in [1.29, 1.82) is 0 Å². The Bertz CT molecular complexity index is 513. The van der Waals surface area contributed by atoms with Crippen LogP contribution in [0.2, 0.25) is 0 Å². The maximum absolute atomic E-state index is 11.1. The molecule has 1 saturated carbocycles. The summed E-state index contributed by atoms with van der Waals surface area (Å²) in [7, 11) is 0. The van der Waals surface area contributed by atoms with Crippen LogP contribution in [-0.2, 0) is 4.74 Å². The molecule has 19 heavy (non-hydrogen) atoms. The molecule has 102 valence electrons. The number of nitrogens with zero attached hydrogens (tertiary/aromatic N) is 2. The molecule has 3 rings (SSSR count). The van der Waals surface area contributed by atoms with Gasteiger partial charge in [-0.25, -0.2) is 0 Å². The van der Waals surface area contributed by atoms with E-state index >= 15 is 0 Å². The van der Waals surface area contributed by atoms with Crippen LogP contribution in [-0.4, -0.2) is 15.5 Å². The Kier molecular flexibility index (Phi) is 2.82. The summed E-state index contributed by atoms with van der Waals surface area (Å²) < 4.78 is 6.21. The molecule has 1 aromatic rings. The van der Waals surface area contributed by atoms with E-state index in [1.54, 1.807) is 12.3 Å². The second-order valence-electron chi connectivity index (χ2n) is 5.86. The third kappa shape index (κ3) is 2.02. The summed E-state index contributed by atoms with van der Waals surface area (Å²) >= 11 is 0.